The SMILES string of the molecule is COc1ccc(C(O)=C2C(=O)C(=O)N(c3ccc(C(=O)O)cc3)C2c2ccc(C(=O)O)cc2)cc1. The van der Waals surface area contributed by atoms with Crippen LogP contribution in [0.15, 0.2) is 78.4 Å². The number of carboxylic acids is 2. The average Bonchev–Trinajstić information content (AvgIpc) is 3.14. The second kappa shape index (κ2) is 9.14. The monoisotopic (exact) mass is 473 g/mol. The molecule has 3 aromatic rings. The molecule has 1 fully saturated rings. The summed E-state index contributed by atoms with van der Waals surface area (Å²) in [4.78, 5) is 49.9. The predicted molar refractivity (Wildman–Crippen MR) is 125 cm³/mol. The molecule has 1 amide bonds. The largest absolute Gasteiger partial charge is 0.507 e. The fourth-order valence-corrected chi connectivity index (χ4v) is 3.89. The van der Waals surface area contributed by atoms with Gasteiger partial charge in [-0.1, -0.05) is 12.1 Å². The molecule has 1 saturated heterocycles. The lowest BCUT2D eigenvalue weighted by atomic mass is 9.94. The number of Topliss-reactive ketones (excluding diaryl/α,β-unsaturated/α-hetero) is 1. The number of methoxy groups -OCH3 is 1. The number of carbonyl (C=O) groups is 4. The molecule has 0 bridgehead atoms. The first-order chi connectivity index (χ1) is 16.7. The number of amides is 1. The molecule has 0 saturated carbocycles. The van der Waals surface area contributed by atoms with Crippen LogP contribution in [0.2, 0.25) is 0 Å². The first-order valence-corrected chi connectivity index (χ1v) is 10.3. The van der Waals surface area contributed by atoms with Gasteiger partial charge in [0, 0.05) is 11.3 Å². The normalized spacial score (nSPS) is 16.8. The quantitative estimate of drug-likeness (QED) is 0.279. The van der Waals surface area contributed by atoms with Gasteiger partial charge in [-0.25, -0.2) is 9.59 Å². The van der Waals surface area contributed by atoms with Crippen LogP contribution < -0.4 is 9.64 Å². The molecule has 0 radical (unpaired) electrons. The predicted octanol–water partition coefficient (Wildman–Crippen LogP) is 3.72. The first-order valence-electron chi connectivity index (χ1n) is 10.3. The van der Waals surface area contributed by atoms with Crippen LogP contribution in [0, 0.1) is 0 Å². The van der Waals surface area contributed by atoms with E-state index >= 15 is 0 Å². The summed E-state index contributed by atoms with van der Waals surface area (Å²) in [5, 5.41) is 29.5. The van der Waals surface area contributed by atoms with E-state index in [-0.39, 0.29) is 28.0 Å². The van der Waals surface area contributed by atoms with Crippen molar-refractivity contribution >= 4 is 35.1 Å². The zero-order chi connectivity index (χ0) is 25.3. The molecule has 3 aromatic carbocycles. The van der Waals surface area contributed by atoms with E-state index in [2.05, 4.69) is 0 Å². The van der Waals surface area contributed by atoms with Crippen LogP contribution in [0.4, 0.5) is 5.69 Å². The van der Waals surface area contributed by atoms with Gasteiger partial charge in [0.15, 0.2) is 0 Å². The van der Waals surface area contributed by atoms with Crippen molar-refractivity contribution < 1.29 is 39.2 Å². The molecule has 3 N–H and O–H groups in total. The maximum Gasteiger partial charge on any atom is 0.335 e. The van der Waals surface area contributed by atoms with Gasteiger partial charge in [-0.15, -0.1) is 0 Å². The Balaban J connectivity index is 1.90. The van der Waals surface area contributed by atoms with Gasteiger partial charge in [0.2, 0.25) is 0 Å². The van der Waals surface area contributed by atoms with E-state index in [9.17, 15) is 34.5 Å². The number of carboxylic acid groups (broad SMARTS) is 2. The second-order valence-corrected chi connectivity index (χ2v) is 7.68. The van der Waals surface area contributed by atoms with Crippen LogP contribution in [-0.2, 0) is 9.59 Å². The van der Waals surface area contributed by atoms with Crippen LogP contribution in [0.25, 0.3) is 5.76 Å². The van der Waals surface area contributed by atoms with Crippen LogP contribution in [0.5, 0.6) is 5.75 Å². The molecule has 1 aliphatic heterocycles. The third kappa shape index (κ3) is 4.22. The molecule has 1 aliphatic rings. The molecule has 1 unspecified atom stereocenters. The fourth-order valence-electron chi connectivity index (χ4n) is 3.89. The molecule has 1 heterocycles. The molecule has 4 rings (SSSR count). The Hall–Kier alpha value is -4.92. The summed E-state index contributed by atoms with van der Waals surface area (Å²) in [5.41, 5.74) is 0.699. The van der Waals surface area contributed by atoms with Gasteiger partial charge in [-0.2, -0.15) is 0 Å². The number of benzene rings is 3. The van der Waals surface area contributed by atoms with E-state index in [4.69, 9.17) is 4.74 Å². The Morgan fingerprint density at radius 2 is 1.23 bits per heavy atom. The summed E-state index contributed by atoms with van der Waals surface area (Å²) in [7, 11) is 1.48. The fraction of sp³-hybridized carbons (Fsp3) is 0.0769. The lowest BCUT2D eigenvalue weighted by molar-refractivity contribution is -0.132. The molecule has 35 heavy (non-hydrogen) atoms. The van der Waals surface area contributed by atoms with Crippen molar-refractivity contribution in [2.24, 2.45) is 0 Å². The molecule has 9 nitrogen and oxygen atoms in total. The van der Waals surface area contributed by atoms with Gasteiger partial charge in [-0.3, -0.25) is 14.5 Å². The van der Waals surface area contributed by atoms with Crippen molar-refractivity contribution in [2.75, 3.05) is 12.0 Å². The molecule has 0 aliphatic carbocycles. The zero-order valence-electron chi connectivity index (χ0n) is 18.3. The van der Waals surface area contributed by atoms with E-state index < -0.39 is 35.4 Å². The minimum atomic E-state index is -1.15. The number of carbonyl (C=O) groups excluding carboxylic acids is 2. The summed E-state index contributed by atoms with van der Waals surface area (Å²) in [6, 6.07) is 16.1. The van der Waals surface area contributed by atoms with E-state index in [0.717, 1.165) is 4.90 Å². The van der Waals surface area contributed by atoms with E-state index in [1.165, 1.54) is 67.8 Å². The topological polar surface area (TPSA) is 141 Å². The highest BCUT2D eigenvalue weighted by atomic mass is 16.5. The Kier molecular flexibility index (Phi) is 6.07. The van der Waals surface area contributed by atoms with Crippen molar-refractivity contribution in [3.8, 4) is 5.75 Å². The highest BCUT2D eigenvalue weighted by Crippen LogP contribution is 2.42. The van der Waals surface area contributed by atoms with Crippen molar-refractivity contribution in [2.45, 2.75) is 6.04 Å². The zero-order valence-corrected chi connectivity index (χ0v) is 18.3. The number of ether oxygens (including phenoxy) is 1. The number of aromatic carboxylic acids is 2. The summed E-state index contributed by atoms with van der Waals surface area (Å²) in [5.74, 6) is -4.04. The molecule has 9 heteroatoms. The molecule has 0 aromatic heterocycles. The first kappa shape index (κ1) is 23.2. The number of aliphatic hydroxyl groups is 1. The molecular formula is C26H19NO8. The number of hydrogen-bond acceptors (Lipinski definition) is 6. The smallest absolute Gasteiger partial charge is 0.335 e. The molecule has 176 valence electrons. The molecular weight excluding hydrogens is 454 g/mol. The van der Waals surface area contributed by atoms with Gasteiger partial charge in [0.1, 0.15) is 11.5 Å². The van der Waals surface area contributed by atoms with Gasteiger partial charge in [0.05, 0.1) is 29.9 Å². The number of hydrogen-bond donors (Lipinski definition) is 3. The van der Waals surface area contributed by atoms with Gasteiger partial charge >= 0.3 is 11.9 Å². The minimum absolute atomic E-state index is 0.00617. The Morgan fingerprint density at radius 3 is 1.71 bits per heavy atom. The number of nitrogens with zero attached hydrogens (tertiary/aromatic N) is 1. The van der Waals surface area contributed by atoms with Crippen molar-refractivity contribution in [1.82, 2.24) is 0 Å². The maximum absolute atomic E-state index is 13.1. The van der Waals surface area contributed by atoms with Gasteiger partial charge in [-0.05, 0) is 66.2 Å². The molecule has 1 atom stereocenters. The van der Waals surface area contributed by atoms with Crippen molar-refractivity contribution in [3.05, 3.63) is 101 Å². The van der Waals surface area contributed by atoms with Crippen LogP contribution in [-0.4, -0.2) is 46.1 Å². The van der Waals surface area contributed by atoms with E-state index in [1.807, 2.05) is 0 Å². The van der Waals surface area contributed by atoms with E-state index in [1.54, 1.807) is 12.1 Å². The summed E-state index contributed by atoms with van der Waals surface area (Å²) >= 11 is 0. The molecule has 0 spiro atoms. The summed E-state index contributed by atoms with van der Waals surface area (Å²) in [6.07, 6.45) is 0. The highest BCUT2D eigenvalue weighted by Gasteiger charge is 2.47. The summed E-state index contributed by atoms with van der Waals surface area (Å²) < 4.78 is 5.12. The highest BCUT2D eigenvalue weighted by molar-refractivity contribution is 6.51. The Labute approximate surface area is 199 Å². The second-order valence-electron chi connectivity index (χ2n) is 7.68. The van der Waals surface area contributed by atoms with Crippen LogP contribution in [0.1, 0.15) is 37.9 Å². The van der Waals surface area contributed by atoms with Crippen LogP contribution in [0.3, 0.4) is 0 Å². The lowest BCUT2D eigenvalue weighted by Gasteiger charge is -2.25. The third-order valence-electron chi connectivity index (χ3n) is 5.67. The number of aliphatic hydroxyl groups excluding tert-OH is 1. The number of ketones is 1. The number of anilines is 1. The van der Waals surface area contributed by atoms with E-state index in [0.29, 0.717) is 11.3 Å². The Bertz CT molecular complexity index is 1360. The Morgan fingerprint density at radius 1 is 0.743 bits per heavy atom. The van der Waals surface area contributed by atoms with Crippen molar-refractivity contribution in [3.63, 3.8) is 0 Å². The van der Waals surface area contributed by atoms with Crippen LogP contribution >= 0.6 is 0 Å². The summed E-state index contributed by atoms with van der Waals surface area (Å²) in [6.45, 7) is 0. The maximum atomic E-state index is 13.1. The standard InChI is InChI=1S/C26H19NO8/c1-35-19-12-8-15(9-13-19)22(28)20-21(14-2-4-16(5-3-14)25(31)32)27(24(30)23(20)29)18-10-6-17(7-11-18)26(33)34/h2-13,21,28H,1H3,(H,31,32)(H,33,34). The third-order valence-corrected chi connectivity index (χ3v) is 5.67. The van der Waals surface area contributed by atoms with Gasteiger partial charge in [0.25, 0.3) is 11.7 Å². The number of rotatable bonds is 6. The average molecular weight is 473 g/mol. The lowest BCUT2D eigenvalue weighted by Crippen LogP contribution is -2.29. The minimum Gasteiger partial charge on any atom is -0.507 e. The van der Waals surface area contributed by atoms with Crippen molar-refractivity contribution in [1.29, 1.82) is 0 Å². The van der Waals surface area contributed by atoms with Gasteiger partial charge < -0.3 is 20.1 Å².